The van der Waals surface area contributed by atoms with E-state index in [2.05, 4.69) is 95.0 Å². The van der Waals surface area contributed by atoms with E-state index in [4.69, 9.17) is 11.5 Å². The van der Waals surface area contributed by atoms with E-state index in [1.165, 1.54) is 16.7 Å². The third kappa shape index (κ3) is 3.20. The number of aromatic nitrogens is 3. The quantitative estimate of drug-likeness (QED) is 0.402. The van der Waals surface area contributed by atoms with Crippen molar-refractivity contribution in [2.24, 2.45) is 0 Å². The normalized spacial score (nSPS) is 11.4. The Balaban J connectivity index is 1.86. The average molecular weight is 418 g/mol. The van der Waals surface area contributed by atoms with E-state index < -0.39 is 5.41 Å². The summed E-state index contributed by atoms with van der Waals surface area (Å²) in [4.78, 5) is 4.06. The van der Waals surface area contributed by atoms with Gasteiger partial charge in [0.25, 0.3) is 0 Å². The summed E-state index contributed by atoms with van der Waals surface area (Å²) in [6, 6.07) is 39.9. The lowest BCUT2D eigenvalue weighted by Crippen LogP contribution is -2.31. The number of hydrogen-bond acceptors (Lipinski definition) is 4. The molecule has 1 heterocycles. The van der Waals surface area contributed by atoms with Gasteiger partial charge in [0.05, 0.1) is 11.1 Å². The Morgan fingerprint density at radius 2 is 1.03 bits per heavy atom. The van der Waals surface area contributed by atoms with Crippen LogP contribution in [0.15, 0.2) is 115 Å². The summed E-state index contributed by atoms with van der Waals surface area (Å²) >= 11 is 0. The van der Waals surface area contributed by atoms with E-state index in [-0.39, 0.29) is 11.9 Å². The zero-order valence-corrected chi connectivity index (χ0v) is 17.5. The van der Waals surface area contributed by atoms with Crippen molar-refractivity contribution in [3.8, 4) is 5.69 Å². The maximum Gasteiger partial charge on any atom is 0.241 e. The minimum Gasteiger partial charge on any atom is -0.368 e. The predicted octanol–water partition coefficient (Wildman–Crippen LogP) is 4.81. The third-order valence-corrected chi connectivity index (χ3v) is 5.79. The van der Waals surface area contributed by atoms with Crippen molar-refractivity contribution in [3.05, 3.63) is 138 Å². The zero-order valence-electron chi connectivity index (χ0n) is 17.5. The largest absolute Gasteiger partial charge is 0.368 e. The first kappa shape index (κ1) is 19.6. The first-order valence-corrected chi connectivity index (χ1v) is 10.4. The van der Waals surface area contributed by atoms with Crippen LogP contribution in [-0.4, -0.2) is 14.8 Å². The molecule has 156 valence electrons. The molecule has 0 fully saturated rings. The minimum atomic E-state index is -0.541. The van der Waals surface area contributed by atoms with Crippen molar-refractivity contribution >= 4 is 11.9 Å². The highest BCUT2D eigenvalue weighted by Gasteiger charge is 2.38. The van der Waals surface area contributed by atoms with Crippen LogP contribution in [0.25, 0.3) is 5.69 Å². The van der Waals surface area contributed by atoms with Crippen molar-refractivity contribution in [3.63, 3.8) is 0 Å². The van der Waals surface area contributed by atoms with Crippen LogP contribution < -0.4 is 11.5 Å². The summed E-state index contributed by atoms with van der Waals surface area (Å²) in [7, 11) is 0. The maximum atomic E-state index is 6.08. The van der Waals surface area contributed by atoms with Gasteiger partial charge in [-0.3, -0.25) is 0 Å². The first-order valence-electron chi connectivity index (χ1n) is 10.4. The van der Waals surface area contributed by atoms with Crippen LogP contribution in [-0.2, 0) is 5.41 Å². The number of anilines is 2. The van der Waals surface area contributed by atoms with Gasteiger partial charge in [-0.25, -0.2) is 0 Å². The van der Waals surface area contributed by atoms with Crippen LogP contribution in [0.4, 0.5) is 11.9 Å². The molecule has 5 nitrogen and oxygen atoms in total. The Morgan fingerprint density at radius 1 is 0.562 bits per heavy atom. The number of benzene rings is 4. The third-order valence-electron chi connectivity index (χ3n) is 5.79. The SMILES string of the molecule is Nc1nc(N)n(-c2cccc(C(c3ccccc3)(c3ccccc3)c3ccccc3)c2)n1. The van der Waals surface area contributed by atoms with Crippen molar-refractivity contribution in [2.75, 3.05) is 11.5 Å². The molecule has 4 aromatic carbocycles. The van der Waals surface area contributed by atoms with Crippen molar-refractivity contribution in [2.45, 2.75) is 5.41 Å². The van der Waals surface area contributed by atoms with E-state index >= 15 is 0 Å². The number of hydrogen-bond donors (Lipinski definition) is 2. The highest BCUT2D eigenvalue weighted by molar-refractivity contribution is 5.61. The van der Waals surface area contributed by atoms with Crippen molar-refractivity contribution < 1.29 is 0 Å². The molecule has 5 aromatic rings. The standard InChI is InChI=1S/C27H23N5/c28-25-30-26(29)32(31-25)24-18-10-17-23(19-24)27(20-11-4-1-5-12-20,21-13-6-2-7-14-21)22-15-8-3-9-16-22/h1-19H,(H4,28,29,30,31). The van der Waals surface area contributed by atoms with Gasteiger partial charge >= 0.3 is 0 Å². The molecule has 1 aromatic heterocycles. The van der Waals surface area contributed by atoms with E-state index in [0.717, 1.165) is 11.3 Å². The molecule has 0 atom stereocenters. The predicted molar refractivity (Wildman–Crippen MR) is 128 cm³/mol. The van der Waals surface area contributed by atoms with Gasteiger partial charge < -0.3 is 11.5 Å². The molecular weight excluding hydrogens is 394 g/mol. The number of rotatable bonds is 5. The highest BCUT2D eigenvalue weighted by atomic mass is 15.4. The van der Waals surface area contributed by atoms with Crippen LogP contribution in [0, 0.1) is 0 Å². The van der Waals surface area contributed by atoms with Gasteiger partial charge in [0.1, 0.15) is 0 Å². The maximum absolute atomic E-state index is 6.08. The summed E-state index contributed by atoms with van der Waals surface area (Å²) in [5.74, 6) is 0.401. The molecule has 0 spiro atoms. The Morgan fingerprint density at radius 3 is 1.47 bits per heavy atom. The summed E-state index contributed by atoms with van der Waals surface area (Å²) in [6.45, 7) is 0. The second-order valence-electron chi connectivity index (χ2n) is 7.64. The molecule has 0 bridgehead atoms. The smallest absolute Gasteiger partial charge is 0.241 e. The van der Waals surface area contributed by atoms with Crippen LogP contribution in [0.2, 0.25) is 0 Å². The molecule has 0 saturated carbocycles. The van der Waals surface area contributed by atoms with Gasteiger partial charge in [0.2, 0.25) is 11.9 Å². The fourth-order valence-corrected chi connectivity index (χ4v) is 4.47. The van der Waals surface area contributed by atoms with Crippen molar-refractivity contribution in [1.82, 2.24) is 14.8 Å². The van der Waals surface area contributed by atoms with Gasteiger partial charge in [0, 0.05) is 0 Å². The van der Waals surface area contributed by atoms with Crippen LogP contribution in [0.3, 0.4) is 0 Å². The molecule has 0 aliphatic carbocycles. The fourth-order valence-electron chi connectivity index (χ4n) is 4.47. The topological polar surface area (TPSA) is 82.7 Å². The molecule has 5 rings (SSSR count). The Kier molecular flexibility index (Phi) is 4.92. The molecule has 0 saturated heterocycles. The second-order valence-corrected chi connectivity index (χ2v) is 7.64. The molecule has 0 radical (unpaired) electrons. The lowest BCUT2D eigenvalue weighted by molar-refractivity contribution is 0.742. The number of nitrogens with zero attached hydrogens (tertiary/aromatic N) is 3. The van der Waals surface area contributed by atoms with Gasteiger partial charge in [-0.15, -0.1) is 5.10 Å². The van der Waals surface area contributed by atoms with Gasteiger partial charge in [0.15, 0.2) is 0 Å². The van der Waals surface area contributed by atoms with E-state index in [9.17, 15) is 0 Å². The Hall–Kier alpha value is -4.38. The molecule has 0 amide bonds. The molecule has 0 aliphatic heterocycles. The van der Waals surface area contributed by atoms with Gasteiger partial charge in [-0.05, 0) is 34.4 Å². The highest BCUT2D eigenvalue weighted by Crippen LogP contribution is 2.45. The van der Waals surface area contributed by atoms with Gasteiger partial charge in [-0.1, -0.05) is 103 Å². The Labute approximate surface area is 187 Å². The summed E-state index contributed by atoms with van der Waals surface area (Å²) < 4.78 is 1.57. The number of nitrogens with two attached hydrogens (primary N) is 2. The van der Waals surface area contributed by atoms with E-state index in [1.807, 2.05) is 30.3 Å². The summed E-state index contributed by atoms with van der Waals surface area (Å²) in [6.07, 6.45) is 0. The molecule has 5 heteroatoms. The van der Waals surface area contributed by atoms with Gasteiger partial charge in [-0.2, -0.15) is 9.67 Å². The molecule has 32 heavy (non-hydrogen) atoms. The van der Waals surface area contributed by atoms with E-state index in [1.54, 1.807) is 4.68 Å². The van der Waals surface area contributed by atoms with Crippen LogP contribution in [0.1, 0.15) is 22.3 Å². The fraction of sp³-hybridized carbons (Fsp3) is 0.0370. The summed E-state index contributed by atoms with van der Waals surface area (Å²) in [5.41, 5.74) is 16.7. The lowest BCUT2D eigenvalue weighted by atomic mass is 9.65. The molecular formula is C27H23N5. The summed E-state index contributed by atoms with van der Waals surface area (Å²) in [5, 5.41) is 4.28. The molecule has 0 aliphatic rings. The number of nitrogen functional groups attached to an aromatic ring is 2. The van der Waals surface area contributed by atoms with Crippen LogP contribution in [0.5, 0.6) is 0 Å². The Bertz CT molecular complexity index is 1230. The minimum absolute atomic E-state index is 0.147. The monoisotopic (exact) mass is 417 g/mol. The lowest BCUT2D eigenvalue weighted by Gasteiger charge is -2.37. The van der Waals surface area contributed by atoms with E-state index in [0.29, 0.717) is 0 Å². The van der Waals surface area contributed by atoms with Crippen molar-refractivity contribution in [1.29, 1.82) is 0 Å². The molecule has 4 N–H and O–H groups in total. The zero-order chi connectivity index (χ0) is 22.0. The molecule has 0 unspecified atom stereocenters. The first-order chi connectivity index (χ1) is 15.7. The van der Waals surface area contributed by atoms with Crippen LogP contribution >= 0.6 is 0 Å². The average Bonchev–Trinajstić information content (AvgIpc) is 3.20. The second kappa shape index (κ2) is 8.04.